The number of hydrogen-bond donors (Lipinski definition) is 0. The molecule has 186 valence electrons. The first-order valence-electron chi connectivity index (χ1n) is 12.0. The molecule has 8 heteroatoms. The summed E-state index contributed by atoms with van der Waals surface area (Å²) in [6.45, 7) is 10.2. The van der Waals surface area contributed by atoms with Gasteiger partial charge in [-0.05, 0) is 67.2 Å². The molecule has 2 aliphatic rings. The number of ether oxygens (including phenoxy) is 3. The molecule has 0 aliphatic carbocycles. The lowest BCUT2D eigenvalue weighted by Crippen LogP contribution is -2.40. The van der Waals surface area contributed by atoms with Crippen LogP contribution in [0.3, 0.4) is 0 Å². The van der Waals surface area contributed by atoms with Gasteiger partial charge in [0.25, 0.3) is 5.56 Å². The number of aromatic nitrogens is 1. The molecule has 7 nitrogen and oxygen atoms in total. The Morgan fingerprint density at radius 1 is 1.19 bits per heavy atom. The maximum atomic E-state index is 13.8. The summed E-state index contributed by atoms with van der Waals surface area (Å²) in [5.74, 6) is 1.26. The van der Waals surface area contributed by atoms with Crippen LogP contribution in [-0.4, -0.2) is 23.9 Å². The fourth-order valence-corrected chi connectivity index (χ4v) is 5.56. The summed E-state index contributed by atoms with van der Waals surface area (Å²) < 4.78 is 18.5. The Labute approximate surface area is 213 Å². The van der Waals surface area contributed by atoms with Crippen LogP contribution >= 0.6 is 11.3 Å². The van der Waals surface area contributed by atoms with Gasteiger partial charge in [-0.3, -0.25) is 9.36 Å². The van der Waals surface area contributed by atoms with Gasteiger partial charge in [0.1, 0.15) is 0 Å². The molecule has 0 radical (unpaired) electrons. The van der Waals surface area contributed by atoms with Crippen molar-refractivity contribution >= 4 is 23.4 Å². The zero-order chi connectivity index (χ0) is 25.6. The van der Waals surface area contributed by atoms with Gasteiger partial charge in [-0.2, -0.15) is 0 Å². The van der Waals surface area contributed by atoms with Crippen LogP contribution < -0.4 is 24.4 Å². The van der Waals surface area contributed by atoms with Gasteiger partial charge in [0, 0.05) is 0 Å². The highest BCUT2D eigenvalue weighted by Crippen LogP contribution is 2.35. The molecule has 36 heavy (non-hydrogen) atoms. The highest BCUT2D eigenvalue weighted by molar-refractivity contribution is 7.07. The highest BCUT2D eigenvalue weighted by Gasteiger charge is 2.33. The maximum absolute atomic E-state index is 13.8. The predicted octanol–water partition coefficient (Wildman–Crippen LogP) is 3.96. The topological polar surface area (TPSA) is 79.1 Å². The molecule has 1 aromatic heterocycles. The van der Waals surface area contributed by atoms with Crippen LogP contribution in [0.2, 0.25) is 0 Å². The van der Waals surface area contributed by atoms with Gasteiger partial charge in [-0.1, -0.05) is 49.4 Å². The molecule has 3 aromatic rings. The number of carbonyl (C=O) groups is 1. The summed E-state index contributed by atoms with van der Waals surface area (Å²) >= 11 is 1.31. The van der Waals surface area contributed by atoms with Gasteiger partial charge in [-0.25, -0.2) is 9.79 Å². The van der Waals surface area contributed by atoms with Crippen molar-refractivity contribution in [1.29, 1.82) is 0 Å². The second kappa shape index (κ2) is 9.43. The Morgan fingerprint density at radius 3 is 2.56 bits per heavy atom. The smallest absolute Gasteiger partial charge is 0.338 e. The molecule has 2 aromatic carbocycles. The van der Waals surface area contributed by atoms with E-state index in [4.69, 9.17) is 14.2 Å². The van der Waals surface area contributed by atoms with Crippen molar-refractivity contribution in [3.63, 3.8) is 0 Å². The van der Waals surface area contributed by atoms with Gasteiger partial charge in [0.05, 0.1) is 28.5 Å². The van der Waals surface area contributed by atoms with E-state index in [1.807, 2.05) is 49.4 Å². The van der Waals surface area contributed by atoms with E-state index in [0.717, 1.165) is 16.7 Å². The third-order valence-electron chi connectivity index (χ3n) is 6.48. The van der Waals surface area contributed by atoms with Gasteiger partial charge in [0.15, 0.2) is 16.3 Å². The van der Waals surface area contributed by atoms with E-state index < -0.39 is 12.0 Å². The standard InChI is InChI=1S/C28H28N2O5S/c1-6-33-27(32)24-17(5)29-28-30(25(24)19-9-7-18(8-10-19)15(2)3)26(31)23(36-28)13-20-12-22-21(11-16(20)4)34-14-35-22/h7-13,15,25H,6,14H2,1-5H3/b23-13-/t25-/m0/s1. The molecule has 5 rings (SSSR count). The summed E-state index contributed by atoms with van der Waals surface area (Å²) in [6.07, 6.45) is 1.85. The quantitative estimate of drug-likeness (QED) is 0.492. The van der Waals surface area contributed by atoms with Crippen LogP contribution in [-0.2, 0) is 9.53 Å². The van der Waals surface area contributed by atoms with Crippen LogP contribution in [0, 0.1) is 6.92 Å². The zero-order valence-electron chi connectivity index (χ0n) is 21.0. The summed E-state index contributed by atoms with van der Waals surface area (Å²) in [5, 5.41) is 0. The fraction of sp³-hybridized carbons (Fsp3) is 0.321. The van der Waals surface area contributed by atoms with Crippen molar-refractivity contribution in [3.05, 3.63) is 89.6 Å². The molecule has 0 N–H and O–H groups in total. The minimum absolute atomic E-state index is 0.186. The van der Waals surface area contributed by atoms with E-state index in [9.17, 15) is 9.59 Å². The largest absolute Gasteiger partial charge is 0.463 e. The molecule has 2 aliphatic heterocycles. The highest BCUT2D eigenvalue weighted by atomic mass is 32.1. The molecule has 0 bridgehead atoms. The minimum atomic E-state index is -0.624. The molecular formula is C28H28N2O5S. The van der Waals surface area contributed by atoms with Crippen LogP contribution in [0.5, 0.6) is 11.5 Å². The Balaban J connectivity index is 1.69. The van der Waals surface area contributed by atoms with Crippen molar-refractivity contribution in [2.45, 2.75) is 46.6 Å². The molecule has 0 saturated carbocycles. The van der Waals surface area contributed by atoms with Crippen molar-refractivity contribution in [3.8, 4) is 11.5 Å². The van der Waals surface area contributed by atoms with E-state index >= 15 is 0 Å². The van der Waals surface area contributed by atoms with E-state index in [-0.39, 0.29) is 19.0 Å². The first-order chi connectivity index (χ1) is 17.3. The van der Waals surface area contributed by atoms with Crippen LogP contribution in [0.25, 0.3) is 6.08 Å². The number of hydrogen-bond acceptors (Lipinski definition) is 7. The van der Waals surface area contributed by atoms with Gasteiger partial charge in [-0.15, -0.1) is 0 Å². The van der Waals surface area contributed by atoms with Gasteiger partial charge < -0.3 is 14.2 Å². The molecule has 0 fully saturated rings. The second-order valence-electron chi connectivity index (χ2n) is 9.19. The molecule has 0 amide bonds. The van der Waals surface area contributed by atoms with Gasteiger partial charge in [0.2, 0.25) is 6.79 Å². The molecule has 1 atom stereocenters. The second-order valence-corrected chi connectivity index (χ2v) is 10.2. The molecule has 0 spiro atoms. The number of fused-ring (bicyclic) bond motifs is 2. The third-order valence-corrected chi connectivity index (χ3v) is 7.47. The Kier molecular flexibility index (Phi) is 6.30. The lowest BCUT2D eigenvalue weighted by molar-refractivity contribution is -0.139. The number of rotatable bonds is 5. The SMILES string of the molecule is CCOC(=O)C1=C(C)N=c2s/c(=C\c3cc4c(cc3C)OCO4)c(=O)n2[C@H]1c1ccc(C(C)C)cc1. The van der Waals surface area contributed by atoms with Gasteiger partial charge >= 0.3 is 5.97 Å². The van der Waals surface area contributed by atoms with Crippen molar-refractivity contribution in [2.24, 2.45) is 4.99 Å². The van der Waals surface area contributed by atoms with Crippen molar-refractivity contribution in [1.82, 2.24) is 4.57 Å². The van der Waals surface area contributed by atoms with E-state index in [1.54, 1.807) is 18.4 Å². The van der Waals surface area contributed by atoms with E-state index in [2.05, 4.69) is 18.8 Å². The number of allylic oxidation sites excluding steroid dienone is 1. The predicted molar refractivity (Wildman–Crippen MR) is 138 cm³/mol. The summed E-state index contributed by atoms with van der Waals surface area (Å²) in [7, 11) is 0. The average molecular weight is 505 g/mol. The third kappa shape index (κ3) is 4.15. The Bertz CT molecular complexity index is 1560. The van der Waals surface area contributed by atoms with Crippen LogP contribution in [0.15, 0.2) is 57.5 Å². The molecule has 3 heterocycles. The summed E-state index contributed by atoms with van der Waals surface area (Å²) in [4.78, 5) is 32.1. The lowest BCUT2D eigenvalue weighted by Gasteiger charge is -2.25. The number of benzene rings is 2. The van der Waals surface area contributed by atoms with Crippen LogP contribution in [0.4, 0.5) is 0 Å². The molecule has 0 saturated heterocycles. The monoisotopic (exact) mass is 504 g/mol. The number of thiazole rings is 1. The first kappa shape index (κ1) is 24.1. The maximum Gasteiger partial charge on any atom is 0.338 e. The zero-order valence-corrected chi connectivity index (χ0v) is 21.8. The molecule has 0 unspecified atom stereocenters. The van der Waals surface area contributed by atoms with E-state index in [0.29, 0.717) is 38.0 Å². The van der Waals surface area contributed by atoms with Crippen molar-refractivity contribution in [2.75, 3.05) is 13.4 Å². The Hall–Kier alpha value is -3.65. The number of aryl methyl sites for hydroxylation is 1. The summed E-state index contributed by atoms with van der Waals surface area (Å²) in [5.41, 5.74) is 4.58. The van der Waals surface area contributed by atoms with Crippen molar-refractivity contribution < 1.29 is 19.0 Å². The normalized spacial score (nSPS) is 16.8. The van der Waals surface area contributed by atoms with Crippen LogP contribution in [0.1, 0.15) is 61.9 Å². The Morgan fingerprint density at radius 2 is 1.89 bits per heavy atom. The number of carbonyl (C=O) groups excluding carboxylic acids is 1. The number of esters is 1. The lowest BCUT2D eigenvalue weighted by atomic mass is 9.93. The minimum Gasteiger partial charge on any atom is -0.463 e. The first-order valence-corrected chi connectivity index (χ1v) is 12.8. The molecular weight excluding hydrogens is 476 g/mol. The summed E-state index contributed by atoms with van der Waals surface area (Å²) in [6, 6.07) is 11.2. The van der Waals surface area contributed by atoms with E-state index in [1.165, 1.54) is 16.9 Å². The average Bonchev–Trinajstić information content (AvgIpc) is 3.42. The number of nitrogens with zero attached hydrogens (tertiary/aromatic N) is 2. The fourth-order valence-electron chi connectivity index (χ4n) is 4.53.